The van der Waals surface area contributed by atoms with Gasteiger partial charge in [0, 0.05) is 43.5 Å². The first kappa shape index (κ1) is 18.1. The van der Waals surface area contributed by atoms with Crippen molar-refractivity contribution in [2.75, 3.05) is 25.6 Å². The number of aromatic nitrogens is 1. The van der Waals surface area contributed by atoms with Crippen molar-refractivity contribution < 1.29 is 18.5 Å². The summed E-state index contributed by atoms with van der Waals surface area (Å²) in [6.45, 7) is 2.18. The van der Waals surface area contributed by atoms with Crippen LogP contribution in [0.25, 0.3) is 11.0 Å². The van der Waals surface area contributed by atoms with Crippen LogP contribution in [0.5, 0.6) is 5.88 Å². The Morgan fingerprint density at radius 1 is 1.35 bits per heavy atom. The molecule has 0 aliphatic carbocycles. The molecule has 0 bridgehead atoms. The molecule has 26 heavy (non-hydrogen) atoms. The zero-order valence-electron chi connectivity index (χ0n) is 14.7. The lowest BCUT2D eigenvalue weighted by atomic mass is 10.2. The Balaban J connectivity index is 1.80. The third kappa shape index (κ3) is 3.76. The van der Waals surface area contributed by atoms with Crippen LogP contribution in [-0.4, -0.2) is 36.1 Å². The fraction of sp³-hybridized carbons (Fsp3) is 0.222. The number of ether oxygens (including phenoxy) is 1. The van der Waals surface area contributed by atoms with Crippen LogP contribution in [0.4, 0.5) is 5.69 Å². The van der Waals surface area contributed by atoms with Crippen molar-refractivity contribution in [3.05, 3.63) is 48.4 Å². The average molecular weight is 373 g/mol. The van der Waals surface area contributed by atoms with Gasteiger partial charge in [0.15, 0.2) is 5.76 Å². The predicted molar refractivity (Wildman–Crippen MR) is 99.8 cm³/mol. The van der Waals surface area contributed by atoms with Crippen LogP contribution in [0.3, 0.4) is 0 Å². The maximum Gasteiger partial charge on any atom is 0.328 e. The van der Waals surface area contributed by atoms with Gasteiger partial charge in [-0.2, -0.15) is 4.72 Å². The standard InChI is InChI=1S/C18H19N3O4S/c1-4-24-18-16(6-5-9-19-18)26(23)20-17(22)15-10-12-7-8-13(21(2)3)11-14(12)25-15/h5-11H,4H2,1-3H3,(H,20,22). The van der Waals surface area contributed by atoms with Crippen molar-refractivity contribution in [2.24, 2.45) is 0 Å². The summed E-state index contributed by atoms with van der Waals surface area (Å²) in [7, 11) is 3.84. The largest absolute Gasteiger partial charge is 0.588 e. The first-order chi connectivity index (χ1) is 12.5. The Hall–Kier alpha value is -2.71. The Kier molecular flexibility index (Phi) is 5.34. The van der Waals surface area contributed by atoms with Crippen molar-refractivity contribution in [2.45, 2.75) is 11.8 Å². The molecule has 0 spiro atoms. The molecular weight excluding hydrogens is 354 g/mol. The molecule has 3 rings (SSSR count). The summed E-state index contributed by atoms with van der Waals surface area (Å²) in [6.07, 6.45) is 1.54. The average Bonchev–Trinajstić information content (AvgIpc) is 3.05. The highest BCUT2D eigenvalue weighted by Crippen LogP contribution is 2.25. The van der Waals surface area contributed by atoms with E-state index < -0.39 is 17.3 Å². The SMILES string of the molecule is CCOc1ncccc1[S+]([O-])NC(=O)c1cc2ccc(N(C)C)cc2o1. The molecule has 0 aliphatic heterocycles. The summed E-state index contributed by atoms with van der Waals surface area (Å²) in [5, 5.41) is 0.794. The fourth-order valence-electron chi connectivity index (χ4n) is 2.36. The molecule has 1 N–H and O–H groups in total. The molecule has 1 aromatic carbocycles. The number of nitrogens with one attached hydrogen (secondary N) is 1. The molecule has 8 heteroatoms. The highest BCUT2D eigenvalue weighted by Gasteiger charge is 2.24. The summed E-state index contributed by atoms with van der Waals surface area (Å²) < 4.78 is 25.9. The minimum atomic E-state index is -1.82. The zero-order valence-corrected chi connectivity index (χ0v) is 15.5. The number of furan rings is 1. The van der Waals surface area contributed by atoms with E-state index in [4.69, 9.17) is 9.15 Å². The molecule has 2 aromatic heterocycles. The van der Waals surface area contributed by atoms with E-state index in [1.807, 2.05) is 37.2 Å². The lowest BCUT2D eigenvalue weighted by molar-refractivity contribution is 0.0956. The molecule has 0 radical (unpaired) electrons. The second-order valence-corrected chi connectivity index (χ2v) is 6.85. The van der Waals surface area contributed by atoms with Gasteiger partial charge in [-0.05, 0) is 31.2 Å². The van der Waals surface area contributed by atoms with Crippen LogP contribution in [0, 0.1) is 0 Å². The maximum atomic E-state index is 12.5. The van der Waals surface area contributed by atoms with Gasteiger partial charge < -0.3 is 18.6 Å². The van der Waals surface area contributed by atoms with Gasteiger partial charge in [-0.1, -0.05) is 0 Å². The van der Waals surface area contributed by atoms with E-state index in [2.05, 4.69) is 9.71 Å². The Labute approximate surface area is 154 Å². The minimum absolute atomic E-state index is 0.0890. The summed E-state index contributed by atoms with van der Waals surface area (Å²) in [5.41, 5.74) is 1.54. The first-order valence-corrected chi connectivity index (χ1v) is 9.16. The van der Waals surface area contributed by atoms with Crippen LogP contribution in [0.2, 0.25) is 0 Å². The van der Waals surface area contributed by atoms with Crippen LogP contribution in [-0.2, 0) is 11.4 Å². The molecule has 0 saturated heterocycles. The molecule has 1 amide bonds. The topological polar surface area (TPSA) is 90.7 Å². The van der Waals surface area contributed by atoms with Gasteiger partial charge in [0.05, 0.1) is 6.61 Å². The smallest absolute Gasteiger partial charge is 0.328 e. The fourth-order valence-corrected chi connectivity index (χ4v) is 3.21. The van der Waals surface area contributed by atoms with Crippen molar-refractivity contribution >= 4 is 33.9 Å². The molecule has 3 aromatic rings. The Morgan fingerprint density at radius 2 is 2.15 bits per heavy atom. The van der Waals surface area contributed by atoms with Crippen LogP contribution in [0.1, 0.15) is 17.5 Å². The number of pyridine rings is 1. The summed E-state index contributed by atoms with van der Waals surface area (Å²) in [6, 6.07) is 10.5. The molecule has 1 unspecified atom stereocenters. The van der Waals surface area contributed by atoms with Gasteiger partial charge in [-0.3, -0.25) is 4.79 Å². The van der Waals surface area contributed by atoms with Crippen molar-refractivity contribution in [3.8, 4) is 5.88 Å². The van der Waals surface area contributed by atoms with Gasteiger partial charge in [0.25, 0.3) is 5.88 Å². The molecule has 0 fully saturated rings. The summed E-state index contributed by atoms with van der Waals surface area (Å²) in [4.78, 5) is 18.7. The van der Waals surface area contributed by atoms with Gasteiger partial charge in [-0.25, -0.2) is 4.98 Å². The molecular formula is C18H19N3O4S. The number of fused-ring (bicyclic) bond motifs is 1. The molecule has 7 nitrogen and oxygen atoms in total. The van der Waals surface area contributed by atoms with E-state index in [0.717, 1.165) is 11.1 Å². The molecule has 1 atom stereocenters. The zero-order chi connectivity index (χ0) is 18.7. The third-order valence-corrected chi connectivity index (χ3v) is 4.73. The monoisotopic (exact) mass is 373 g/mol. The number of carbonyl (C=O) groups is 1. The van der Waals surface area contributed by atoms with Crippen molar-refractivity contribution in [1.82, 2.24) is 9.71 Å². The van der Waals surface area contributed by atoms with E-state index in [0.29, 0.717) is 17.1 Å². The highest BCUT2D eigenvalue weighted by molar-refractivity contribution is 7.90. The first-order valence-electron chi connectivity index (χ1n) is 8.01. The summed E-state index contributed by atoms with van der Waals surface area (Å²) in [5.74, 6) is -0.253. The minimum Gasteiger partial charge on any atom is -0.588 e. The van der Waals surface area contributed by atoms with Crippen LogP contribution in [0.15, 0.2) is 51.9 Å². The van der Waals surface area contributed by atoms with Crippen LogP contribution < -0.4 is 14.4 Å². The second kappa shape index (κ2) is 7.67. The highest BCUT2D eigenvalue weighted by atomic mass is 32.2. The van der Waals surface area contributed by atoms with E-state index in [1.54, 1.807) is 25.1 Å². The number of anilines is 1. The number of nitrogens with zero attached hydrogens (tertiary/aromatic N) is 2. The Morgan fingerprint density at radius 3 is 2.88 bits per heavy atom. The molecule has 0 saturated carbocycles. The van der Waals surface area contributed by atoms with E-state index in [9.17, 15) is 9.35 Å². The quantitative estimate of drug-likeness (QED) is 0.668. The van der Waals surface area contributed by atoms with Gasteiger partial charge in [0.1, 0.15) is 16.9 Å². The number of benzene rings is 1. The molecule has 0 aliphatic rings. The van der Waals surface area contributed by atoms with E-state index in [1.165, 1.54) is 6.20 Å². The van der Waals surface area contributed by atoms with Gasteiger partial charge in [0.2, 0.25) is 4.90 Å². The van der Waals surface area contributed by atoms with Crippen molar-refractivity contribution in [3.63, 3.8) is 0 Å². The maximum absolute atomic E-state index is 12.5. The van der Waals surface area contributed by atoms with Gasteiger partial charge >= 0.3 is 5.91 Å². The number of hydrogen-bond acceptors (Lipinski definition) is 6. The summed E-state index contributed by atoms with van der Waals surface area (Å²) >= 11 is -1.82. The van der Waals surface area contributed by atoms with E-state index >= 15 is 0 Å². The van der Waals surface area contributed by atoms with Crippen LogP contribution >= 0.6 is 0 Å². The third-order valence-electron chi connectivity index (χ3n) is 3.65. The number of carbonyl (C=O) groups excluding carboxylic acids is 1. The van der Waals surface area contributed by atoms with Crippen molar-refractivity contribution in [1.29, 1.82) is 0 Å². The molecule has 136 valence electrons. The number of rotatable bonds is 6. The lowest BCUT2D eigenvalue weighted by Gasteiger charge is -2.12. The number of hydrogen-bond donors (Lipinski definition) is 1. The van der Waals surface area contributed by atoms with E-state index in [-0.39, 0.29) is 11.6 Å². The second-order valence-electron chi connectivity index (χ2n) is 5.67. The Bertz CT molecular complexity index is 926. The normalized spacial score (nSPS) is 12.0. The molecule has 2 heterocycles. The van der Waals surface area contributed by atoms with Gasteiger partial charge in [-0.15, -0.1) is 0 Å². The lowest BCUT2D eigenvalue weighted by Crippen LogP contribution is -2.30. The number of amides is 1. The predicted octanol–water partition coefficient (Wildman–Crippen LogP) is 2.75.